The lowest BCUT2D eigenvalue weighted by Gasteiger charge is -2.24. The van der Waals surface area contributed by atoms with E-state index in [0.717, 1.165) is 26.7 Å². The normalized spacial score (nSPS) is 23.1. The average molecular weight is 409 g/mol. The summed E-state index contributed by atoms with van der Waals surface area (Å²) in [6, 6.07) is 12.6. The van der Waals surface area contributed by atoms with Crippen molar-refractivity contribution in [3.63, 3.8) is 0 Å². The van der Waals surface area contributed by atoms with Crippen LogP contribution in [0, 0.1) is 0 Å². The highest BCUT2D eigenvalue weighted by Gasteiger charge is 2.42. The molecular weight excluding hydrogens is 383 g/mol. The highest BCUT2D eigenvalue weighted by Crippen LogP contribution is 2.55. The summed E-state index contributed by atoms with van der Waals surface area (Å²) in [6.07, 6.45) is 4.33. The van der Waals surface area contributed by atoms with Gasteiger partial charge in [0.2, 0.25) is 0 Å². The Kier molecular flexibility index (Phi) is 4.45. The summed E-state index contributed by atoms with van der Waals surface area (Å²) in [5.74, 6) is 0.356. The number of halogens is 2. The van der Waals surface area contributed by atoms with E-state index in [-0.39, 0.29) is 10.8 Å². The standard InChI is InChI=1S/C26H26Cl2/c1-7-18-17(23-21(27)12-13-22(28)24(23)26(18,5)6)14-20-15(2)16-10-8-9-11-19(16)25(20,3)4/h7-15H,1H2,2-6H3/b20-14+. The number of fused-ring (bicyclic) bond motifs is 2. The van der Waals surface area contributed by atoms with Crippen molar-refractivity contribution in [3.8, 4) is 0 Å². The summed E-state index contributed by atoms with van der Waals surface area (Å²) in [5, 5.41) is 1.51. The lowest BCUT2D eigenvalue weighted by molar-refractivity contribution is 0.626. The molecule has 0 saturated carbocycles. The van der Waals surface area contributed by atoms with Crippen LogP contribution in [0.25, 0.3) is 5.57 Å². The largest absolute Gasteiger partial charge is 0.0987 e. The van der Waals surface area contributed by atoms with E-state index in [0.29, 0.717) is 5.92 Å². The van der Waals surface area contributed by atoms with E-state index in [1.54, 1.807) is 0 Å². The first-order valence-corrected chi connectivity index (χ1v) is 10.6. The van der Waals surface area contributed by atoms with Gasteiger partial charge in [0.05, 0.1) is 0 Å². The summed E-state index contributed by atoms with van der Waals surface area (Å²) in [6.45, 7) is 15.5. The smallest absolute Gasteiger partial charge is 0.0488 e. The minimum absolute atomic E-state index is 0.0345. The Hall–Kier alpha value is -1.76. The number of allylic oxidation sites excluding steroid dienone is 5. The number of hydrogen-bond donors (Lipinski definition) is 0. The predicted octanol–water partition coefficient (Wildman–Crippen LogP) is 8.25. The minimum Gasteiger partial charge on any atom is -0.0987 e. The fourth-order valence-corrected chi connectivity index (χ4v) is 5.97. The van der Waals surface area contributed by atoms with Crippen LogP contribution in [-0.4, -0.2) is 0 Å². The van der Waals surface area contributed by atoms with Gasteiger partial charge in [0.25, 0.3) is 0 Å². The zero-order chi connectivity index (χ0) is 20.4. The predicted molar refractivity (Wildman–Crippen MR) is 123 cm³/mol. The lowest BCUT2D eigenvalue weighted by Crippen LogP contribution is -2.17. The van der Waals surface area contributed by atoms with Crippen molar-refractivity contribution in [1.82, 2.24) is 0 Å². The molecule has 144 valence electrons. The molecule has 0 heterocycles. The summed E-state index contributed by atoms with van der Waals surface area (Å²) >= 11 is 13.4. The van der Waals surface area contributed by atoms with Gasteiger partial charge in [-0.25, -0.2) is 0 Å². The molecule has 0 fully saturated rings. The van der Waals surface area contributed by atoms with Crippen molar-refractivity contribution in [2.75, 3.05) is 0 Å². The van der Waals surface area contributed by atoms with E-state index in [9.17, 15) is 0 Å². The molecule has 4 rings (SSSR count). The Labute approximate surface area is 178 Å². The van der Waals surface area contributed by atoms with E-state index in [2.05, 4.69) is 71.5 Å². The van der Waals surface area contributed by atoms with Crippen molar-refractivity contribution in [2.45, 2.75) is 51.4 Å². The molecule has 0 aliphatic heterocycles. The minimum atomic E-state index is -0.232. The van der Waals surface area contributed by atoms with Gasteiger partial charge in [0.15, 0.2) is 0 Å². The molecule has 0 N–H and O–H groups in total. The highest BCUT2D eigenvalue weighted by molar-refractivity contribution is 6.36. The highest BCUT2D eigenvalue weighted by atomic mass is 35.5. The van der Waals surface area contributed by atoms with Crippen LogP contribution in [-0.2, 0) is 10.8 Å². The number of hydrogen-bond acceptors (Lipinski definition) is 0. The first kappa shape index (κ1) is 19.6. The van der Waals surface area contributed by atoms with Gasteiger partial charge in [-0.1, -0.05) is 106 Å². The second-order valence-electron chi connectivity index (χ2n) is 8.97. The van der Waals surface area contributed by atoms with Crippen LogP contribution < -0.4 is 0 Å². The Morgan fingerprint density at radius 1 is 0.929 bits per heavy atom. The molecule has 28 heavy (non-hydrogen) atoms. The molecule has 0 spiro atoms. The molecule has 0 bridgehead atoms. The molecule has 0 saturated heterocycles. The molecule has 2 aliphatic carbocycles. The molecule has 0 nitrogen and oxygen atoms in total. The Morgan fingerprint density at radius 2 is 1.57 bits per heavy atom. The molecular formula is C26H26Cl2. The van der Waals surface area contributed by atoms with Crippen molar-refractivity contribution >= 4 is 28.8 Å². The lowest BCUT2D eigenvalue weighted by atomic mass is 9.79. The zero-order valence-electron chi connectivity index (χ0n) is 17.2. The molecule has 0 amide bonds. The Balaban J connectivity index is 2.01. The number of benzene rings is 2. The third kappa shape index (κ3) is 2.51. The Morgan fingerprint density at radius 3 is 2.21 bits per heavy atom. The van der Waals surface area contributed by atoms with Crippen LogP contribution in [0.1, 0.15) is 62.8 Å². The first-order chi connectivity index (χ1) is 13.1. The maximum absolute atomic E-state index is 6.71. The molecule has 1 unspecified atom stereocenters. The molecule has 2 aromatic carbocycles. The summed E-state index contributed by atoms with van der Waals surface area (Å²) < 4.78 is 0. The van der Waals surface area contributed by atoms with Crippen molar-refractivity contribution in [3.05, 3.63) is 98.6 Å². The molecule has 2 aromatic rings. The van der Waals surface area contributed by atoms with E-state index in [4.69, 9.17) is 23.2 Å². The van der Waals surface area contributed by atoms with Gasteiger partial charge in [0.1, 0.15) is 0 Å². The van der Waals surface area contributed by atoms with Crippen LogP contribution in [0.3, 0.4) is 0 Å². The second kappa shape index (κ2) is 6.37. The van der Waals surface area contributed by atoms with Gasteiger partial charge in [-0.2, -0.15) is 0 Å². The van der Waals surface area contributed by atoms with Crippen molar-refractivity contribution in [2.24, 2.45) is 0 Å². The molecule has 1 atom stereocenters. The maximum atomic E-state index is 6.71. The van der Waals surface area contributed by atoms with Gasteiger partial charge in [0, 0.05) is 32.4 Å². The Bertz CT molecular complexity index is 1060. The fraction of sp³-hybridized carbons (Fsp3) is 0.308. The number of rotatable bonds is 2. The summed E-state index contributed by atoms with van der Waals surface area (Å²) in [5.41, 5.74) is 8.46. The van der Waals surface area contributed by atoms with E-state index in [1.807, 2.05) is 18.2 Å². The van der Waals surface area contributed by atoms with Crippen LogP contribution in [0.4, 0.5) is 0 Å². The topological polar surface area (TPSA) is 0 Å². The van der Waals surface area contributed by atoms with Gasteiger partial charge in [-0.3, -0.25) is 0 Å². The summed E-state index contributed by atoms with van der Waals surface area (Å²) in [7, 11) is 0. The van der Waals surface area contributed by atoms with E-state index >= 15 is 0 Å². The zero-order valence-corrected chi connectivity index (χ0v) is 18.7. The second-order valence-corrected chi connectivity index (χ2v) is 9.78. The maximum Gasteiger partial charge on any atom is 0.0488 e. The van der Waals surface area contributed by atoms with Gasteiger partial charge >= 0.3 is 0 Å². The molecule has 0 radical (unpaired) electrons. The van der Waals surface area contributed by atoms with Crippen LogP contribution >= 0.6 is 23.2 Å². The third-order valence-corrected chi connectivity index (χ3v) is 7.38. The first-order valence-electron chi connectivity index (χ1n) is 9.79. The third-order valence-electron chi connectivity index (χ3n) is 6.75. The SMILES string of the molecule is C=CC1=C(/C=C2\C(C)c3ccccc3C2(C)C)c2c(Cl)ccc(Cl)c2C1(C)C. The van der Waals surface area contributed by atoms with Crippen LogP contribution in [0.15, 0.2) is 66.3 Å². The van der Waals surface area contributed by atoms with Crippen molar-refractivity contribution in [1.29, 1.82) is 0 Å². The summed E-state index contributed by atoms with van der Waals surface area (Å²) in [4.78, 5) is 0. The van der Waals surface area contributed by atoms with Gasteiger partial charge in [-0.15, -0.1) is 0 Å². The quantitative estimate of drug-likeness (QED) is 0.468. The molecule has 2 aliphatic rings. The van der Waals surface area contributed by atoms with Gasteiger partial charge in [-0.05, 0) is 40.0 Å². The van der Waals surface area contributed by atoms with Crippen LogP contribution in [0.2, 0.25) is 10.0 Å². The average Bonchev–Trinajstić information content (AvgIpc) is 2.99. The van der Waals surface area contributed by atoms with E-state index in [1.165, 1.54) is 22.3 Å². The monoisotopic (exact) mass is 408 g/mol. The van der Waals surface area contributed by atoms with Gasteiger partial charge < -0.3 is 0 Å². The molecule has 2 heteroatoms. The van der Waals surface area contributed by atoms with E-state index < -0.39 is 0 Å². The molecule has 0 aromatic heterocycles. The van der Waals surface area contributed by atoms with Crippen LogP contribution in [0.5, 0.6) is 0 Å². The fourth-order valence-electron chi connectivity index (χ4n) is 5.32. The van der Waals surface area contributed by atoms with Crippen molar-refractivity contribution < 1.29 is 0 Å².